The van der Waals surface area contributed by atoms with Crippen LogP contribution < -0.4 is 0 Å². The van der Waals surface area contributed by atoms with Crippen LogP contribution in [0.2, 0.25) is 0 Å². The summed E-state index contributed by atoms with van der Waals surface area (Å²) in [5.74, 6) is 0. The van der Waals surface area contributed by atoms with E-state index < -0.39 is 29.0 Å². The van der Waals surface area contributed by atoms with Crippen molar-refractivity contribution in [3.05, 3.63) is 41.0 Å². The Kier molecular flexibility index (Phi) is 4.62. The Morgan fingerprint density at radius 1 is 0.947 bits per heavy atom. The third kappa shape index (κ3) is 3.99. The van der Waals surface area contributed by atoms with Crippen LogP contribution in [0.5, 0.6) is 0 Å². The van der Waals surface area contributed by atoms with Gasteiger partial charge in [-0.1, -0.05) is 18.2 Å². The first-order valence-corrected chi connectivity index (χ1v) is 5.22. The lowest BCUT2D eigenvalue weighted by Crippen LogP contribution is -2.14. The number of hydrogen-bond acceptors (Lipinski definition) is 1. The van der Waals surface area contributed by atoms with E-state index in [0.29, 0.717) is 12.1 Å². The first kappa shape index (κ1) is 15.6. The molecular formula is C12H10F6O. The van der Waals surface area contributed by atoms with Crippen LogP contribution in [0.25, 0.3) is 6.08 Å². The summed E-state index contributed by atoms with van der Waals surface area (Å²) in [6.45, 7) is -0.355. The summed E-state index contributed by atoms with van der Waals surface area (Å²) in [6.07, 6.45) is -7.97. The van der Waals surface area contributed by atoms with Gasteiger partial charge in [0.2, 0.25) is 0 Å². The Labute approximate surface area is 105 Å². The largest absolute Gasteiger partial charge is 0.417 e. The number of benzene rings is 1. The van der Waals surface area contributed by atoms with Crippen LogP contribution in [0.4, 0.5) is 26.3 Å². The van der Waals surface area contributed by atoms with Crippen LogP contribution in [0.1, 0.15) is 23.1 Å². The van der Waals surface area contributed by atoms with E-state index in [1.54, 1.807) is 0 Å². The van der Waals surface area contributed by atoms with Gasteiger partial charge in [0.1, 0.15) is 0 Å². The van der Waals surface area contributed by atoms with Crippen molar-refractivity contribution in [2.45, 2.75) is 18.8 Å². The molecule has 1 rings (SSSR count). The van der Waals surface area contributed by atoms with E-state index in [0.717, 1.165) is 18.2 Å². The van der Waals surface area contributed by atoms with Gasteiger partial charge in [-0.2, -0.15) is 26.3 Å². The van der Waals surface area contributed by atoms with E-state index >= 15 is 0 Å². The van der Waals surface area contributed by atoms with Crippen LogP contribution in [-0.2, 0) is 12.4 Å². The molecule has 0 aliphatic carbocycles. The van der Waals surface area contributed by atoms with Gasteiger partial charge < -0.3 is 5.11 Å². The summed E-state index contributed by atoms with van der Waals surface area (Å²) >= 11 is 0. The lowest BCUT2D eigenvalue weighted by molar-refractivity contribution is -0.143. The smallest absolute Gasteiger partial charge is 0.396 e. The molecule has 1 aromatic rings. The van der Waals surface area contributed by atoms with Crippen LogP contribution >= 0.6 is 0 Å². The number of aliphatic hydroxyl groups excluding tert-OH is 1. The van der Waals surface area contributed by atoms with Crippen molar-refractivity contribution in [3.8, 4) is 0 Å². The molecule has 0 saturated carbocycles. The molecule has 0 spiro atoms. The summed E-state index contributed by atoms with van der Waals surface area (Å²) in [7, 11) is 0. The highest BCUT2D eigenvalue weighted by Crippen LogP contribution is 2.39. The lowest BCUT2D eigenvalue weighted by atomic mass is 9.99. The van der Waals surface area contributed by atoms with E-state index in [9.17, 15) is 26.3 Å². The third-order valence-electron chi connectivity index (χ3n) is 2.30. The Bertz CT molecular complexity index is 426. The summed E-state index contributed by atoms with van der Waals surface area (Å²) in [5.41, 5.74) is -3.64. The summed E-state index contributed by atoms with van der Waals surface area (Å²) in [4.78, 5) is 0. The topological polar surface area (TPSA) is 20.2 Å². The van der Waals surface area contributed by atoms with E-state index in [1.165, 1.54) is 0 Å². The Hall–Kier alpha value is -1.50. The molecule has 0 fully saturated rings. The van der Waals surface area contributed by atoms with Crippen molar-refractivity contribution in [2.75, 3.05) is 6.61 Å². The minimum Gasteiger partial charge on any atom is -0.396 e. The summed E-state index contributed by atoms with van der Waals surface area (Å²) in [5, 5.41) is 8.51. The third-order valence-corrected chi connectivity index (χ3v) is 2.30. The molecule has 1 N–H and O–H groups in total. The van der Waals surface area contributed by atoms with Gasteiger partial charge in [0, 0.05) is 6.61 Å². The van der Waals surface area contributed by atoms with Gasteiger partial charge in [0.05, 0.1) is 11.1 Å². The van der Waals surface area contributed by atoms with Gasteiger partial charge in [-0.3, -0.25) is 0 Å². The highest BCUT2D eigenvalue weighted by atomic mass is 19.4. The van der Waals surface area contributed by atoms with Gasteiger partial charge in [0.25, 0.3) is 0 Å². The maximum atomic E-state index is 12.7. The summed E-state index contributed by atoms with van der Waals surface area (Å²) < 4.78 is 76.1. The predicted molar refractivity (Wildman–Crippen MR) is 57.2 cm³/mol. The van der Waals surface area contributed by atoms with Crippen molar-refractivity contribution in [3.63, 3.8) is 0 Å². The second-order valence-corrected chi connectivity index (χ2v) is 3.68. The van der Waals surface area contributed by atoms with Crippen molar-refractivity contribution in [2.24, 2.45) is 0 Å². The zero-order valence-corrected chi connectivity index (χ0v) is 9.52. The molecule has 7 heteroatoms. The number of aliphatic hydroxyl groups is 1. The van der Waals surface area contributed by atoms with Crippen LogP contribution in [-0.4, -0.2) is 11.7 Å². The molecule has 0 aliphatic heterocycles. The molecule has 1 aromatic carbocycles. The minimum absolute atomic E-state index is 0.0243. The van der Waals surface area contributed by atoms with Crippen LogP contribution in [0, 0.1) is 0 Å². The molecule has 1 nitrogen and oxygen atoms in total. The van der Waals surface area contributed by atoms with Gasteiger partial charge in [-0.15, -0.1) is 0 Å². The highest BCUT2D eigenvalue weighted by molar-refractivity contribution is 5.59. The SMILES string of the molecule is OCCC=Cc1c(C(F)(F)F)cccc1C(F)(F)F. The fourth-order valence-corrected chi connectivity index (χ4v) is 1.51. The average Bonchev–Trinajstić information content (AvgIpc) is 2.26. The Balaban J connectivity index is 3.41. The van der Waals surface area contributed by atoms with E-state index in [2.05, 4.69) is 0 Å². The number of halogens is 6. The molecule has 0 atom stereocenters. The van der Waals surface area contributed by atoms with Crippen LogP contribution in [0.3, 0.4) is 0 Å². The maximum absolute atomic E-state index is 12.7. The average molecular weight is 284 g/mol. The fraction of sp³-hybridized carbons (Fsp3) is 0.333. The zero-order valence-electron chi connectivity index (χ0n) is 9.52. The lowest BCUT2D eigenvalue weighted by Gasteiger charge is -2.16. The second-order valence-electron chi connectivity index (χ2n) is 3.68. The maximum Gasteiger partial charge on any atom is 0.417 e. The zero-order chi connectivity index (χ0) is 14.7. The molecular weight excluding hydrogens is 274 g/mol. The molecule has 0 radical (unpaired) electrons. The van der Waals surface area contributed by atoms with Gasteiger partial charge in [-0.25, -0.2) is 0 Å². The predicted octanol–water partition coefficient (Wildman–Crippen LogP) is 4.12. The van der Waals surface area contributed by atoms with E-state index in [4.69, 9.17) is 5.11 Å². The van der Waals surface area contributed by atoms with Crippen molar-refractivity contribution < 1.29 is 31.4 Å². The highest BCUT2D eigenvalue weighted by Gasteiger charge is 2.39. The first-order chi connectivity index (χ1) is 8.68. The number of alkyl halides is 6. The molecule has 0 aliphatic rings. The minimum atomic E-state index is -4.87. The molecule has 0 saturated heterocycles. The van der Waals surface area contributed by atoms with Gasteiger partial charge in [-0.05, 0) is 24.1 Å². The quantitative estimate of drug-likeness (QED) is 0.828. The Morgan fingerprint density at radius 2 is 1.42 bits per heavy atom. The molecule has 0 aromatic heterocycles. The van der Waals surface area contributed by atoms with Crippen molar-refractivity contribution >= 4 is 6.08 Å². The molecule has 0 unspecified atom stereocenters. The first-order valence-electron chi connectivity index (χ1n) is 5.22. The fourth-order valence-electron chi connectivity index (χ4n) is 1.51. The summed E-state index contributed by atoms with van der Waals surface area (Å²) in [6, 6.07) is 1.90. The number of hydrogen-bond donors (Lipinski definition) is 1. The molecule has 19 heavy (non-hydrogen) atoms. The normalized spacial score (nSPS) is 13.2. The molecule has 0 amide bonds. The van der Waals surface area contributed by atoms with E-state index in [1.807, 2.05) is 0 Å². The van der Waals surface area contributed by atoms with Gasteiger partial charge >= 0.3 is 12.4 Å². The molecule has 0 heterocycles. The van der Waals surface area contributed by atoms with Crippen molar-refractivity contribution in [1.29, 1.82) is 0 Å². The Morgan fingerprint density at radius 3 is 1.79 bits per heavy atom. The van der Waals surface area contributed by atoms with Gasteiger partial charge in [0.15, 0.2) is 0 Å². The van der Waals surface area contributed by atoms with E-state index in [-0.39, 0.29) is 13.0 Å². The molecule has 106 valence electrons. The molecule has 0 bridgehead atoms. The monoisotopic (exact) mass is 284 g/mol. The van der Waals surface area contributed by atoms with Crippen LogP contribution in [0.15, 0.2) is 24.3 Å². The number of rotatable bonds is 3. The standard InChI is InChI=1S/C12H10F6O/c13-11(14,15)9-5-3-6-10(12(16,17)18)8(9)4-1-2-7-19/h1,3-6,19H,2,7H2. The second kappa shape index (κ2) is 5.64. The van der Waals surface area contributed by atoms with Crippen molar-refractivity contribution in [1.82, 2.24) is 0 Å².